The van der Waals surface area contributed by atoms with Crippen molar-refractivity contribution in [2.45, 2.75) is 38.9 Å². The average molecular weight is 430 g/mol. The average Bonchev–Trinajstić information content (AvgIpc) is 2.47. The summed E-state index contributed by atoms with van der Waals surface area (Å²) in [5, 5.41) is 3.31. The van der Waals surface area contributed by atoms with Gasteiger partial charge in [0.2, 0.25) is 0 Å². The van der Waals surface area contributed by atoms with Gasteiger partial charge in [-0.05, 0) is 36.1 Å². The molecule has 1 unspecified atom stereocenters. The van der Waals surface area contributed by atoms with E-state index in [1.54, 1.807) is 0 Å². The van der Waals surface area contributed by atoms with Gasteiger partial charge in [-0.25, -0.2) is 0 Å². The van der Waals surface area contributed by atoms with Gasteiger partial charge in [0.25, 0.3) is 0 Å². The molecule has 1 fully saturated rings. The minimum absolute atomic E-state index is 0. The first kappa shape index (κ1) is 21.7. The topological polar surface area (TPSA) is 15.3 Å². The minimum Gasteiger partial charge on any atom is -0.314 e. The van der Waals surface area contributed by atoms with E-state index < -0.39 is 11.7 Å². The molecule has 1 N–H and O–H groups in total. The summed E-state index contributed by atoms with van der Waals surface area (Å²) in [4.78, 5) is 2.32. The second-order valence-corrected chi connectivity index (χ2v) is 7.18. The summed E-state index contributed by atoms with van der Waals surface area (Å²) in [7, 11) is 0. The van der Waals surface area contributed by atoms with Gasteiger partial charge in [0.05, 0.1) is 5.56 Å². The third kappa shape index (κ3) is 5.61. The van der Waals surface area contributed by atoms with Crippen LogP contribution in [0, 0.1) is 5.92 Å². The highest BCUT2D eigenvalue weighted by Crippen LogP contribution is 2.38. The molecule has 138 valence electrons. The number of piperazine rings is 1. The summed E-state index contributed by atoms with van der Waals surface area (Å²) in [5.41, 5.74) is 0.181. The fourth-order valence-electron chi connectivity index (χ4n) is 3.42. The number of benzene rings is 1. The standard InChI is InChI=1S/C17H24BrF3N2.ClH/c1-3-4-12(2)16(23-7-5-22-6-8-23)13-9-14(17(19,20)21)11-15(18)10-13;/h9-12,16,22H,3-8H2,1-2H3;1H/t12?,16-;/m0./s1. The number of hydrogen-bond acceptors (Lipinski definition) is 2. The molecule has 2 rings (SSSR count). The fraction of sp³-hybridized carbons (Fsp3) is 0.647. The van der Waals surface area contributed by atoms with E-state index in [1.165, 1.54) is 6.07 Å². The Morgan fingerprint density at radius 3 is 2.38 bits per heavy atom. The molecule has 1 aromatic rings. The molecule has 7 heteroatoms. The summed E-state index contributed by atoms with van der Waals surface area (Å²) < 4.78 is 40.0. The molecule has 1 aliphatic heterocycles. The summed E-state index contributed by atoms with van der Waals surface area (Å²) >= 11 is 3.26. The highest BCUT2D eigenvalue weighted by atomic mass is 79.9. The first-order valence-corrected chi connectivity index (χ1v) is 8.94. The lowest BCUT2D eigenvalue weighted by Gasteiger charge is -2.39. The van der Waals surface area contributed by atoms with Gasteiger partial charge in [-0.3, -0.25) is 4.90 Å². The van der Waals surface area contributed by atoms with Crippen LogP contribution >= 0.6 is 28.3 Å². The largest absolute Gasteiger partial charge is 0.416 e. The lowest BCUT2D eigenvalue weighted by atomic mass is 9.88. The smallest absolute Gasteiger partial charge is 0.314 e. The van der Waals surface area contributed by atoms with Crippen LogP contribution in [0.5, 0.6) is 0 Å². The summed E-state index contributed by atoms with van der Waals surface area (Å²) in [6.07, 6.45) is -2.28. The fourth-order valence-corrected chi connectivity index (χ4v) is 3.93. The van der Waals surface area contributed by atoms with Gasteiger partial charge >= 0.3 is 6.18 Å². The van der Waals surface area contributed by atoms with Crippen molar-refractivity contribution >= 4 is 28.3 Å². The molecule has 0 saturated carbocycles. The van der Waals surface area contributed by atoms with Crippen LogP contribution in [-0.2, 0) is 6.18 Å². The van der Waals surface area contributed by atoms with E-state index in [0.29, 0.717) is 10.4 Å². The van der Waals surface area contributed by atoms with Crippen LogP contribution in [0.4, 0.5) is 13.2 Å². The highest BCUT2D eigenvalue weighted by Gasteiger charge is 2.33. The summed E-state index contributed by atoms with van der Waals surface area (Å²) in [6.45, 7) is 7.77. The number of rotatable bonds is 5. The second-order valence-electron chi connectivity index (χ2n) is 6.27. The van der Waals surface area contributed by atoms with Crippen LogP contribution < -0.4 is 5.32 Å². The Balaban J connectivity index is 0.00000288. The monoisotopic (exact) mass is 428 g/mol. The molecule has 0 aliphatic carbocycles. The molecule has 1 aliphatic rings. The number of nitrogens with zero attached hydrogens (tertiary/aromatic N) is 1. The van der Waals surface area contributed by atoms with E-state index in [-0.39, 0.29) is 18.4 Å². The van der Waals surface area contributed by atoms with Crippen LogP contribution in [0.1, 0.15) is 43.9 Å². The number of hydrogen-bond donors (Lipinski definition) is 1. The van der Waals surface area contributed by atoms with Crippen molar-refractivity contribution in [3.63, 3.8) is 0 Å². The molecule has 1 heterocycles. The van der Waals surface area contributed by atoms with Gasteiger partial charge < -0.3 is 5.32 Å². The van der Waals surface area contributed by atoms with Crippen molar-refractivity contribution in [3.05, 3.63) is 33.8 Å². The number of halogens is 5. The maximum Gasteiger partial charge on any atom is 0.416 e. The predicted molar refractivity (Wildman–Crippen MR) is 97.6 cm³/mol. The van der Waals surface area contributed by atoms with Crippen molar-refractivity contribution in [3.8, 4) is 0 Å². The lowest BCUT2D eigenvalue weighted by molar-refractivity contribution is -0.137. The Hall–Kier alpha value is -0.300. The van der Waals surface area contributed by atoms with E-state index in [4.69, 9.17) is 0 Å². The normalized spacial score (nSPS) is 18.8. The Morgan fingerprint density at radius 1 is 1.21 bits per heavy atom. The molecule has 24 heavy (non-hydrogen) atoms. The van der Waals surface area contributed by atoms with Gasteiger partial charge in [-0.15, -0.1) is 12.4 Å². The maximum absolute atomic E-state index is 13.2. The van der Waals surface area contributed by atoms with Crippen molar-refractivity contribution in [2.75, 3.05) is 26.2 Å². The van der Waals surface area contributed by atoms with Crippen molar-refractivity contribution in [1.82, 2.24) is 10.2 Å². The van der Waals surface area contributed by atoms with Crippen LogP contribution in [-0.4, -0.2) is 31.1 Å². The Bertz CT molecular complexity index is 519. The van der Waals surface area contributed by atoms with Gasteiger partial charge in [0.15, 0.2) is 0 Å². The van der Waals surface area contributed by atoms with Gasteiger partial charge in [0.1, 0.15) is 0 Å². The molecule has 0 aromatic heterocycles. The third-order valence-electron chi connectivity index (χ3n) is 4.42. The molecule has 0 bridgehead atoms. The quantitative estimate of drug-likeness (QED) is 0.686. The van der Waals surface area contributed by atoms with E-state index in [2.05, 4.69) is 40.0 Å². The van der Waals surface area contributed by atoms with Crippen LogP contribution in [0.25, 0.3) is 0 Å². The van der Waals surface area contributed by atoms with Crippen molar-refractivity contribution in [1.29, 1.82) is 0 Å². The van der Waals surface area contributed by atoms with Crippen LogP contribution in [0.15, 0.2) is 22.7 Å². The molecule has 2 atom stereocenters. The molecule has 0 amide bonds. The zero-order chi connectivity index (χ0) is 17.0. The number of nitrogens with one attached hydrogen (secondary N) is 1. The van der Waals surface area contributed by atoms with Gasteiger partial charge in [-0.1, -0.05) is 36.2 Å². The molecular formula is C17H25BrClF3N2. The van der Waals surface area contributed by atoms with Crippen molar-refractivity contribution < 1.29 is 13.2 Å². The predicted octanol–water partition coefficient (Wildman–Crippen LogP) is 5.27. The molecule has 2 nitrogen and oxygen atoms in total. The molecule has 0 radical (unpaired) electrons. The van der Waals surface area contributed by atoms with E-state index in [1.807, 2.05) is 6.07 Å². The third-order valence-corrected chi connectivity index (χ3v) is 4.87. The summed E-state index contributed by atoms with van der Waals surface area (Å²) in [6, 6.07) is 4.34. The second kappa shape index (κ2) is 9.41. The Morgan fingerprint density at radius 2 is 1.83 bits per heavy atom. The van der Waals surface area contributed by atoms with E-state index in [9.17, 15) is 13.2 Å². The Labute approximate surface area is 156 Å². The molecule has 1 saturated heterocycles. The molecule has 1 aromatic carbocycles. The maximum atomic E-state index is 13.2. The SMILES string of the molecule is CCCC(C)[C@@H](c1cc(Br)cc(C(F)(F)F)c1)N1CCNCC1.Cl. The van der Waals surface area contributed by atoms with Crippen molar-refractivity contribution in [2.24, 2.45) is 5.92 Å². The van der Waals surface area contributed by atoms with Gasteiger partial charge in [0, 0.05) is 36.7 Å². The Kier molecular flexibility index (Phi) is 8.53. The minimum atomic E-state index is -4.32. The first-order chi connectivity index (χ1) is 10.8. The molecule has 0 spiro atoms. The summed E-state index contributed by atoms with van der Waals surface area (Å²) in [5.74, 6) is 0.313. The van der Waals surface area contributed by atoms with Gasteiger partial charge in [-0.2, -0.15) is 13.2 Å². The van der Waals surface area contributed by atoms with E-state index >= 15 is 0 Å². The lowest BCUT2D eigenvalue weighted by Crippen LogP contribution is -2.46. The first-order valence-electron chi connectivity index (χ1n) is 8.15. The number of alkyl halides is 3. The zero-order valence-electron chi connectivity index (χ0n) is 14.0. The van der Waals surface area contributed by atoms with Crippen LogP contribution in [0.2, 0.25) is 0 Å². The zero-order valence-corrected chi connectivity index (χ0v) is 16.4. The molecular weight excluding hydrogens is 405 g/mol. The highest BCUT2D eigenvalue weighted by molar-refractivity contribution is 9.10. The van der Waals surface area contributed by atoms with E-state index in [0.717, 1.165) is 50.7 Å². The van der Waals surface area contributed by atoms with Crippen LogP contribution in [0.3, 0.4) is 0 Å².